The molecule has 0 saturated heterocycles. The summed E-state index contributed by atoms with van der Waals surface area (Å²) in [6.07, 6.45) is 1.87. The molecule has 1 unspecified atom stereocenters. The summed E-state index contributed by atoms with van der Waals surface area (Å²) in [6, 6.07) is 7.63. The smallest absolute Gasteiger partial charge is 0.120 e. The van der Waals surface area contributed by atoms with E-state index in [0.717, 1.165) is 5.56 Å². The van der Waals surface area contributed by atoms with Gasteiger partial charge in [-0.1, -0.05) is 18.2 Å². The van der Waals surface area contributed by atoms with Crippen LogP contribution in [0.4, 0.5) is 0 Å². The molecule has 1 atom stereocenters. The minimum Gasteiger partial charge on any atom is -0.508 e. The average molecular weight is 234 g/mol. The van der Waals surface area contributed by atoms with Gasteiger partial charge in [0, 0.05) is 29.2 Å². The number of nitrogens with zero attached hydrogens (tertiary/aromatic N) is 1. The van der Waals surface area contributed by atoms with Gasteiger partial charge in [-0.3, -0.25) is 4.98 Å². The molecule has 2 aromatic rings. The molecule has 0 radical (unpaired) electrons. The largest absolute Gasteiger partial charge is 0.508 e. The summed E-state index contributed by atoms with van der Waals surface area (Å²) >= 11 is 1.63. The lowest BCUT2D eigenvalue weighted by Crippen LogP contribution is -2.17. The third-order valence-electron chi connectivity index (χ3n) is 2.47. The first-order chi connectivity index (χ1) is 7.77. The molecule has 0 amide bonds. The maximum Gasteiger partial charge on any atom is 0.120 e. The highest BCUT2D eigenvalue weighted by Crippen LogP contribution is 2.19. The second kappa shape index (κ2) is 5.09. The molecule has 1 aromatic carbocycles. The van der Waals surface area contributed by atoms with Crippen LogP contribution in [0.2, 0.25) is 0 Å². The van der Waals surface area contributed by atoms with Crippen LogP contribution in [0.3, 0.4) is 0 Å². The fourth-order valence-corrected chi connectivity index (χ4v) is 2.12. The van der Waals surface area contributed by atoms with Crippen LogP contribution in [0.25, 0.3) is 0 Å². The molecule has 0 saturated carbocycles. The van der Waals surface area contributed by atoms with Crippen LogP contribution in [-0.2, 0) is 6.54 Å². The Morgan fingerprint density at radius 1 is 1.44 bits per heavy atom. The summed E-state index contributed by atoms with van der Waals surface area (Å²) in [4.78, 5) is 5.25. The van der Waals surface area contributed by atoms with E-state index in [9.17, 15) is 5.11 Å². The Morgan fingerprint density at radius 3 is 2.94 bits per heavy atom. The van der Waals surface area contributed by atoms with E-state index in [2.05, 4.69) is 17.2 Å². The zero-order chi connectivity index (χ0) is 11.4. The Morgan fingerprint density at radius 2 is 2.25 bits per heavy atom. The van der Waals surface area contributed by atoms with E-state index in [4.69, 9.17) is 0 Å². The zero-order valence-electron chi connectivity index (χ0n) is 9.05. The number of nitrogens with one attached hydrogen (secondary N) is 1. The van der Waals surface area contributed by atoms with Gasteiger partial charge in [-0.25, -0.2) is 0 Å². The fourth-order valence-electron chi connectivity index (χ4n) is 1.46. The molecule has 0 spiro atoms. The first kappa shape index (κ1) is 11.1. The van der Waals surface area contributed by atoms with E-state index in [1.807, 2.05) is 29.9 Å². The van der Waals surface area contributed by atoms with Crippen LogP contribution < -0.4 is 5.32 Å². The first-order valence-corrected chi connectivity index (χ1v) is 6.04. The van der Waals surface area contributed by atoms with E-state index in [1.165, 1.54) is 4.88 Å². The van der Waals surface area contributed by atoms with E-state index < -0.39 is 0 Å². The lowest BCUT2D eigenvalue weighted by atomic mass is 10.2. The fraction of sp³-hybridized carbons (Fsp3) is 0.250. The molecule has 16 heavy (non-hydrogen) atoms. The molecule has 84 valence electrons. The van der Waals surface area contributed by atoms with E-state index in [0.29, 0.717) is 12.3 Å². The lowest BCUT2D eigenvalue weighted by Gasteiger charge is -2.12. The van der Waals surface area contributed by atoms with Crippen molar-refractivity contribution in [1.29, 1.82) is 0 Å². The highest BCUT2D eigenvalue weighted by Gasteiger charge is 2.07. The maximum atomic E-state index is 9.60. The third-order valence-corrected chi connectivity index (χ3v) is 3.43. The van der Waals surface area contributed by atoms with Crippen LogP contribution in [-0.4, -0.2) is 10.1 Å². The van der Waals surface area contributed by atoms with Crippen molar-refractivity contribution in [1.82, 2.24) is 10.3 Å². The number of benzene rings is 1. The van der Waals surface area contributed by atoms with Gasteiger partial charge >= 0.3 is 0 Å². The van der Waals surface area contributed by atoms with Gasteiger partial charge in [-0.15, -0.1) is 11.3 Å². The third kappa shape index (κ3) is 2.59. The zero-order valence-corrected chi connectivity index (χ0v) is 9.87. The van der Waals surface area contributed by atoms with Gasteiger partial charge < -0.3 is 10.4 Å². The first-order valence-electron chi connectivity index (χ1n) is 5.16. The molecule has 0 bridgehead atoms. The number of phenolic OH excluding ortho intramolecular Hbond substituents is 1. The minimum atomic E-state index is 0.257. The van der Waals surface area contributed by atoms with Gasteiger partial charge in [0.05, 0.1) is 5.51 Å². The number of phenols is 1. The van der Waals surface area contributed by atoms with Gasteiger partial charge in [-0.05, 0) is 13.0 Å². The van der Waals surface area contributed by atoms with Crippen molar-refractivity contribution in [3.05, 3.63) is 46.4 Å². The molecule has 0 fully saturated rings. The summed E-state index contributed by atoms with van der Waals surface area (Å²) in [7, 11) is 0. The van der Waals surface area contributed by atoms with E-state index >= 15 is 0 Å². The Bertz CT molecular complexity index is 442. The summed E-state index contributed by atoms with van der Waals surface area (Å²) in [5.74, 6) is 0.339. The summed E-state index contributed by atoms with van der Waals surface area (Å²) in [5, 5.41) is 13.0. The molecule has 2 rings (SSSR count). The van der Waals surface area contributed by atoms with Crippen molar-refractivity contribution in [3.8, 4) is 5.75 Å². The monoisotopic (exact) mass is 234 g/mol. The van der Waals surface area contributed by atoms with Crippen molar-refractivity contribution in [2.75, 3.05) is 0 Å². The molecule has 3 nitrogen and oxygen atoms in total. The summed E-state index contributed by atoms with van der Waals surface area (Å²) < 4.78 is 0. The SMILES string of the molecule is CC(NCc1ccccc1O)c1cncs1. The topological polar surface area (TPSA) is 45.1 Å². The van der Waals surface area contributed by atoms with Crippen molar-refractivity contribution in [2.45, 2.75) is 19.5 Å². The molecule has 4 heteroatoms. The summed E-state index contributed by atoms with van der Waals surface area (Å²) in [6.45, 7) is 2.75. The minimum absolute atomic E-state index is 0.257. The number of thiazole rings is 1. The Kier molecular flexibility index (Phi) is 3.54. The molecule has 0 aliphatic rings. The van der Waals surface area contributed by atoms with Crippen LogP contribution in [0.1, 0.15) is 23.4 Å². The second-order valence-electron chi connectivity index (χ2n) is 3.64. The number of rotatable bonds is 4. The molecular weight excluding hydrogens is 220 g/mol. The van der Waals surface area contributed by atoms with E-state index in [-0.39, 0.29) is 6.04 Å². The Labute approximate surface area is 98.8 Å². The van der Waals surface area contributed by atoms with Crippen LogP contribution in [0.5, 0.6) is 5.75 Å². The van der Waals surface area contributed by atoms with Crippen LogP contribution in [0, 0.1) is 0 Å². The number of hydrogen-bond donors (Lipinski definition) is 2. The van der Waals surface area contributed by atoms with Gasteiger partial charge in [0.1, 0.15) is 5.75 Å². The molecule has 1 aromatic heterocycles. The van der Waals surface area contributed by atoms with Crippen molar-refractivity contribution in [3.63, 3.8) is 0 Å². The lowest BCUT2D eigenvalue weighted by molar-refractivity contribution is 0.460. The van der Waals surface area contributed by atoms with Gasteiger partial charge in [0.25, 0.3) is 0 Å². The number of hydrogen-bond acceptors (Lipinski definition) is 4. The predicted molar refractivity (Wildman–Crippen MR) is 65.5 cm³/mol. The predicted octanol–water partition coefficient (Wildman–Crippen LogP) is 2.70. The van der Waals surface area contributed by atoms with Crippen LogP contribution in [0.15, 0.2) is 36.0 Å². The van der Waals surface area contributed by atoms with Crippen molar-refractivity contribution < 1.29 is 5.11 Å². The Balaban J connectivity index is 1.95. The summed E-state index contributed by atoms with van der Waals surface area (Å²) in [5.41, 5.74) is 2.74. The van der Waals surface area contributed by atoms with Crippen LogP contribution >= 0.6 is 11.3 Å². The Hall–Kier alpha value is -1.39. The second-order valence-corrected chi connectivity index (χ2v) is 4.55. The molecular formula is C12H14N2OS. The average Bonchev–Trinajstić information content (AvgIpc) is 2.81. The molecule has 1 heterocycles. The van der Waals surface area contributed by atoms with Gasteiger partial charge in [0.2, 0.25) is 0 Å². The number of aromatic nitrogens is 1. The standard InChI is InChI=1S/C12H14N2OS/c1-9(12-7-13-8-16-12)14-6-10-4-2-3-5-11(10)15/h2-5,7-9,14-15H,6H2,1H3. The van der Waals surface area contributed by atoms with Gasteiger partial charge in [0.15, 0.2) is 0 Å². The quantitative estimate of drug-likeness (QED) is 0.855. The van der Waals surface area contributed by atoms with E-state index in [1.54, 1.807) is 17.4 Å². The van der Waals surface area contributed by atoms with Crippen molar-refractivity contribution in [2.24, 2.45) is 0 Å². The number of aromatic hydroxyl groups is 1. The normalized spacial score (nSPS) is 12.6. The molecule has 0 aliphatic carbocycles. The molecule has 0 aliphatic heterocycles. The molecule has 2 N–H and O–H groups in total. The highest BCUT2D eigenvalue weighted by molar-refractivity contribution is 7.09. The highest BCUT2D eigenvalue weighted by atomic mass is 32.1. The number of para-hydroxylation sites is 1. The van der Waals surface area contributed by atoms with Gasteiger partial charge in [-0.2, -0.15) is 0 Å². The maximum absolute atomic E-state index is 9.60. The van der Waals surface area contributed by atoms with Crippen molar-refractivity contribution >= 4 is 11.3 Å².